The quantitative estimate of drug-likeness (QED) is 0.928. The first-order chi connectivity index (χ1) is 10.1. The molecule has 0 radical (unpaired) electrons. The van der Waals surface area contributed by atoms with Gasteiger partial charge in [0.1, 0.15) is 11.5 Å². The maximum Gasteiger partial charge on any atom is 0.258 e. The van der Waals surface area contributed by atoms with Gasteiger partial charge in [0.15, 0.2) is 6.17 Å². The van der Waals surface area contributed by atoms with Gasteiger partial charge in [0.05, 0.1) is 5.56 Å². The number of benzene rings is 1. The molecule has 0 bridgehead atoms. The zero-order valence-corrected chi connectivity index (χ0v) is 12.6. The van der Waals surface area contributed by atoms with Gasteiger partial charge >= 0.3 is 0 Å². The number of rotatable bonds is 3. The van der Waals surface area contributed by atoms with Crippen molar-refractivity contribution in [1.82, 2.24) is 4.90 Å². The van der Waals surface area contributed by atoms with E-state index in [-0.39, 0.29) is 18.1 Å². The Balaban J connectivity index is 2.07. The van der Waals surface area contributed by atoms with E-state index in [1.807, 2.05) is 48.2 Å². The summed E-state index contributed by atoms with van der Waals surface area (Å²) in [7, 11) is 0. The Morgan fingerprint density at radius 1 is 1.29 bits per heavy atom. The van der Waals surface area contributed by atoms with Crippen LogP contribution >= 0.6 is 0 Å². The summed E-state index contributed by atoms with van der Waals surface area (Å²) >= 11 is 0. The predicted octanol–water partition coefficient (Wildman–Crippen LogP) is 3.95. The Labute approximate surface area is 124 Å². The standard InChI is InChI=1S/C17H20N2O2/c1-4-11(2)19-16(15-10-9-12(3)21-15)18-14-8-6-5-7-13(14)17(19)20/h5-11,16,18H,4H2,1-3H3. The minimum absolute atomic E-state index is 0.0535. The third-order valence-corrected chi connectivity index (χ3v) is 4.06. The third-order valence-electron chi connectivity index (χ3n) is 4.06. The van der Waals surface area contributed by atoms with Crippen molar-refractivity contribution >= 4 is 11.6 Å². The fourth-order valence-electron chi connectivity index (χ4n) is 2.73. The summed E-state index contributed by atoms with van der Waals surface area (Å²) in [6, 6.07) is 11.6. The number of aryl methyl sites for hydroxylation is 1. The fraction of sp³-hybridized carbons (Fsp3) is 0.353. The van der Waals surface area contributed by atoms with Crippen molar-refractivity contribution in [3.63, 3.8) is 0 Å². The first kappa shape index (κ1) is 13.7. The lowest BCUT2D eigenvalue weighted by Gasteiger charge is -2.40. The Hall–Kier alpha value is -2.23. The van der Waals surface area contributed by atoms with Crippen molar-refractivity contribution in [3.05, 3.63) is 53.5 Å². The first-order valence-corrected chi connectivity index (χ1v) is 7.36. The molecule has 0 aliphatic carbocycles. The highest BCUT2D eigenvalue weighted by Crippen LogP contribution is 2.35. The fourth-order valence-corrected chi connectivity index (χ4v) is 2.73. The monoisotopic (exact) mass is 284 g/mol. The predicted molar refractivity (Wildman–Crippen MR) is 82.2 cm³/mol. The Kier molecular flexibility index (Phi) is 3.45. The molecule has 1 aliphatic rings. The number of carbonyl (C=O) groups excluding carboxylic acids is 1. The van der Waals surface area contributed by atoms with Gasteiger partial charge in [-0.15, -0.1) is 0 Å². The summed E-state index contributed by atoms with van der Waals surface area (Å²) in [5.74, 6) is 1.68. The van der Waals surface area contributed by atoms with Crippen molar-refractivity contribution in [2.45, 2.75) is 39.4 Å². The van der Waals surface area contributed by atoms with E-state index in [0.717, 1.165) is 29.2 Å². The van der Waals surface area contributed by atoms with Crippen molar-refractivity contribution < 1.29 is 9.21 Å². The number of hydrogen-bond acceptors (Lipinski definition) is 3. The summed E-state index contributed by atoms with van der Waals surface area (Å²) in [6.45, 7) is 6.06. The Morgan fingerprint density at radius 3 is 2.71 bits per heavy atom. The van der Waals surface area contributed by atoms with E-state index in [4.69, 9.17) is 4.42 Å². The molecule has 21 heavy (non-hydrogen) atoms. The third kappa shape index (κ3) is 2.31. The maximum atomic E-state index is 12.9. The number of nitrogens with one attached hydrogen (secondary N) is 1. The molecular formula is C17H20N2O2. The lowest BCUT2D eigenvalue weighted by molar-refractivity contribution is 0.0566. The number of hydrogen-bond donors (Lipinski definition) is 1. The van der Waals surface area contributed by atoms with Crippen LogP contribution < -0.4 is 5.32 Å². The molecule has 0 fully saturated rings. The molecule has 4 nitrogen and oxygen atoms in total. The van der Waals surface area contributed by atoms with Crippen LogP contribution in [0, 0.1) is 6.92 Å². The van der Waals surface area contributed by atoms with Crippen LogP contribution in [0.4, 0.5) is 5.69 Å². The summed E-state index contributed by atoms with van der Waals surface area (Å²) in [4.78, 5) is 14.7. The number of furan rings is 1. The molecule has 2 unspecified atom stereocenters. The molecule has 0 spiro atoms. The largest absolute Gasteiger partial charge is 0.462 e. The van der Waals surface area contributed by atoms with E-state index in [0.29, 0.717) is 0 Å². The van der Waals surface area contributed by atoms with Gasteiger partial charge in [-0.1, -0.05) is 19.1 Å². The van der Waals surface area contributed by atoms with Gasteiger partial charge in [0, 0.05) is 11.7 Å². The number of amides is 1. The summed E-state index contributed by atoms with van der Waals surface area (Å²) in [6.07, 6.45) is 0.641. The van der Waals surface area contributed by atoms with Gasteiger partial charge in [-0.3, -0.25) is 4.79 Å². The molecular weight excluding hydrogens is 264 g/mol. The summed E-state index contributed by atoms with van der Waals surface area (Å²) in [5, 5.41) is 3.43. The first-order valence-electron chi connectivity index (χ1n) is 7.36. The normalized spacial score (nSPS) is 19.1. The van der Waals surface area contributed by atoms with E-state index in [2.05, 4.69) is 19.2 Å². The van der Waals surface area contributed by atoms with Gasteiger partial charge in [-0.25, -0.2) is 0 Å². The SMILES string of the molecule is CCC(C)N1C(=O)c2ccccc2NC1c1ccc(C)o1. The molecule has 2 heterocycles. The van der Waals surface area contributed by atoms with Crippen LogP contribution in [0.1, 0.15) is 48.3 Å². The van der Waals surface area contributed by atoms with Crippen LogP contribution in [0.25, 0.3) is 0 Å². The van der Waals surface area contributed by atoms with Crippen LogP contribution in [-0.4, -0.2) is 16.8 Å². The average molecular weight is 284 g/mol. The average Bonchev–Trinajstić information content (AvgIpc) is 2.93. The number of anilines is 1. The molecule has 1 aliphatic heterocycles. The molecule has 2 aromatic rings. The van der Waals surface area contributed by atoms with Crippen LogP contribution in [0.2, 0.25) is 0 Å². The van der Waals surface area contributed by atoms with Crippen molar-refractivity contribution in [1.29, 1.82) is 0 Å². The highest BCUT2D eigenvalue weighted by Gasteiger charge is 2.36. The van der Waals surface area contributed by atoms with Crippen molar-refractivity contribution in [2.24, 2.45) is 0 Å². The molecule has 3 rings (SSSR count). The van der Waals surface area contributed by atoms with Crippen LogP contribution in [0.15, 0.2) is 40.8 Å². The van der Waals surface area contributed by atoms with Crippen LogP contribution in [0.3, 0.4) is 0 Å². The van der Waals surface area contributed by atoms with Gasteiger partial charge in [-0.05, 0) is 44.5 Å². The molecule has 0 saturated heterocycles. The van der Waals surface area contributed by atoms with Crippen molar-refractivity contribution in [3.8, 4) is 0 Å². The van der Waals surface area contributed by atoms with Gasteiger partial charge in [0.25, 0.3) is 5.91 Å². The summed E-state index contributed by atoms with van der Waals surface area (Å²) < 4.78 is 5.75. The highest BCUT2D eigenvalue weighted by atomic mass is 16.3. The van der Waals surface area contributed by atoms with Gasteiger partial charge in [0.2, 0.25) is 0 Å². The molecule has 1 aromatic carbocycles. The maximum absolute atomic E-state index is 12.9. The molecule has 2 atom stereocenters. The zero-order valence-electron chi connectivity index (χ0n) is 12.6. The minimum Gasteiger partial charge on any atom is -0.462 e. The van der Waals surface area contributed by atoms with E-state index in [1.165, 1.54) is 0 Å². The van der Waals surface area contributed by atoms with Crippen molar-refractivity contribution in [2.75, 3.05) is 5.32 Å². The lowest BCUT2D eigenvalue weighted by atomic mass is 10.0. The van der Waals surface area contributed by atoms with Crippen LogP contribution in [0.5, 0.6) is 0 Å². The van der Waals surface area contributed by atoms with Crippen LogP contribution in [-0.2, 0) is 0 Å². The Morgan fingerprint density at radius 2 is 2.05 bits per heavy atom. The minimum atomic E-state index is -0.254. The van der Waals surface area contributed by atoms with E-state index in [1.54, 1.807) is 0 Å². The molecule has 4 heteroatoms. The lowest BCUT2D eigenvalue weighted by Crippen LogP contribution is -2.47. The molecule has 1 N–H and O–H groups in total. The second-order valence-electron chi connectivity index (χ2n) is 5.51. The second kappa shape index (κ2) is 5.28. The molecule has 0 saturated carbocycles. The van der Waals surface area contributed by atoms with E-state index >= 15 is 0 Å². The molecule has 1 amide bonds. The number of para-hydroxylation sites is 1. The van der Waals surface area contributed by atoms with Gasteiger partial charge in [-0.2, -0.15) is 0 Å². The van der Waals surface area contributed by atoms with Gasteiger partial charge < -0.3 is 14.6 Å². The van der Waals surface area contributed by atoms with E-state index in [9.17, 15) is 4.79 Å². The summed E-state index contributed by atoms with van der Waals surface area (Å²) in [5.41, 5.74) is 1.58. The molecule has 1 aromatic heterocycles. The van der Waals surface area contributed by atoms with E-state index < -0.39 is 0 Å². The number of nitrogens with zero attached hydrogens (tertiary/aromatic N) is 1. The molecule has 110 valence electrons. The Bertz CT molecular complexity index is 662. The zero-order chi connectivity index (χ0) is 15.0. The topological polar surface area (TPSA) is 45.5 Å². The smallest absolute Gasteiger partial charge is 0.258 e. The second-order valence-corrected chi connectivity index (χ2v) is 5.51. The number of carbonyl (C=O) groups is 1. The number of fused-ring (bicyclic) bond motifs is 1. The highest BCUT2D eigenvalue weighted by molar-refractivity contribution is 6.01.